The van der Waals surface area contributed by atoms with Crippen LogP contribution in [0.3, 0.4) is 0 Å². The maximum atomic E-state index is 12.3. The van der Waals surface area contributed by atoms with Gasteiger partial charge in [-0.25, -0.2) is 0 Å². The SMILES string of the molecule is Cc1c(C(=O)Nc2cc(Cl)ccc2C(N)=NO)cnn1C. The monoisotopic (exact) mass is 307 g/mol. The number of halogens is 1. The van der Waals surface area contributed by atoms with Gasteiger partial charge in [-0.15, -0.1) is 0 Å². The maximum Gasteiger partial charge on any atom is 0.259 e. The third kappa shape index (κ3) is 2.97. The number of rotatable bonds is 3. The van der Waals surface area contributed by atoms with E-state index in [2.05, 4.69) is 15.6 Å². The fourth-order valence-corrected chi connectivity index (χ4v) is 1.98. The lowest BCUT2D eigenvalue weighted by atomic mass is 10.1. The van der Waals surface area contributed by atoms with Crippen LogP contribution in [0.5, 0.6) is 0 Å². The molecular weight excluding hydrogens is 294 g/mol. The van der Waals surface area contributed by atoms with Gasteiger partial charge in [-0.1, -0.05) is 16.8 Å². The van der Waals surface area contributed by atoms with E-state index >= 15 is 0 Å². The zero-order chi connectivity index (χ0) is 15.6. The third-order valence-corrected chi connectivity index (χ3v) is 3.33. The van der Waals surface area contributed by atoms with Crippen molar-refractivity contribution in [1.82, 2.24) is 9.78 Å². The number of aromatic nitrogens is 2. The summed E-state index contributed by atoms with van der Waals surface area (Å²) in [6.45, 7) is 1.78. The van der Waals surface area contributed by atoms with E-state index in [1.807, 2.05) is 0 Å². The molecule has 8 heteroatoms. The summed E-state index contributed by atoms with van der Waals surface area (Å²) < 4.78 is 1.59. The van der Waals surface area contributed by atoms with E-state index in [9.17, 15) is 4.79 Å². The molecular formula is C13H14ClN5O2. The van der Waals surface area contributed by atoms with Gasteiger partial charge in [0.15, 0.2) is 5.84 Å². The van der Waals surface area contributed by atoms with Crippen LogP contribution in [0.25, 0.3) is 0 Å². The van der Waals surface area contributed by atoms with E-state index in [0.717, 1.165) is 5.69 Å². The average Bonchev–Trinajstić information content (AvgIpc) is 2.78. The Morgan fingerprint density at radius 3 is 2.76 bits per heavy atom. The summed E-state index contributed by atoms with van der Waals surface area (Å²) in [5.74, 6) is -0.472. The molecule has 0 unspecified atom stereocenters. The Labute approximate surface area is 126 Å². The Bertz CT molecular complexity index is 723. The number of oxime groups is 1. The van der Waals surface area contributed by atoms with Gasteiger partial charge < -0.3 is 16.3 Å². The number of nitrogens with two attached hydrogens (primary N) is 1. The fraction of sp³-hybridized carbons (Fsp3) is 0.154. The normalized spacial score (nSPS) is 11.5. The lowest BCUT2D eigenvalue weighted by Crippen LogP contribution is -2.19. The smallest absolute Gasteiger partial charge is 0.259 e. The molecule has 2 rings (SSSR count). The van der Waals surface area contributed by atoms with E-state index < -0.39 is 0 Å². The summed E-state index contributed by atoms with van der Waals surface area (Å²) in [4.78, 5) is 12.3. The van der Waals surface area contributed by atoms with Crippen molar-refractivity contribution in [3.63, 3.8) is 0 Å². The summed E-state index contributed by atoms with van der Waals surface area (Å²) in [5.41, 5.74) is 7.46. The highest BCUT2D eigenvalue weighted by Crippen LogP contribution is 2.22. The first kappa shape index (κ1) is 14.9. The van der Waals surface area contributed by atoms with Gasteiger partial charge in [0.2, 0.25) is 0 Å². The van der Waals surface area contributed by atoms with Crippen molar-refractivity contribution in [2.75, 3.05) is 5.32 Å². The minimum absolute atomic E-state index is 0.120. The molecule has 1 aromatic carbocycles. The Morgan fingerprint density at radius 1 is 1.48 bits per heavy atom. The van der Waals surface area contributed by atoms with Crippen molar-refractivity contribution in [2.45, 2.75) is 6.92 Å². The molecule has 7 nitrogen and oxygen atoms in total. The molecule has 0 radical (unpaired) electrons. The maximum absolute atomic E-state index is 12.3. The Kier molecular flexibility index (Phi) is 4.13. The molecule has 0 bridgehead atoms. The van der Waals surface area contributed by atoms with Crippen LogP contribution in [0.4, 0.5) is 5.69 Å². The van der Waals surface area contributed by atoms with Crippen LogP contribution >= 0.6 is 11.6 Å². The summed E-state index contributed by atoms with van der Waals surface area (Å²) in [6.07, 6.45) is 1.47. The summed E-state index contributed by atoms with van der Waals surface area (Å²) in [7, 11) is 1.74. The predicted octanol–water partition coefficient (Wildman–Crippen LogP) is 1.73. The van der Waals surface area contributed by atoms with Gasteiger partial charge in [0.05, 0.1) is 17.4 Å². The number of anilines is 1. The zero-order valence-electron chi connectivity index (χ0n) is 11.5. The topological polar surface area (TPSA) is 106 Å². The van der Waals surface area contributed by atoms with Crippen molar-refractivity contribution in [3.8, 4) is 0 Å². The van der Waals surface area contributed by atoms with Crippen molar-refractivity contribution in [2.24, 2.45) is 17.9 Å². The van der Waals surface area contributed by atoms with Crippen molar-refractivity contribution in [1.29, 1.82) is 0 Å². The van der Waals surface area contributed by atoms with E-state index in [4.69, 9.17) is 22.5 Å². The highest BCUT2D eigenvalue weighted by Gasteiger charge is 2.16. The number of hydrogen-bond donors (Lipinski definition) is 3. The lowest BCUT2D eigenvalue weighted by Gasteiger charge is -2.10. The molecule has 1 aromatic heterocycles. The number of aryl methyl sites for hydroxylation is 1. The second-order valence-electron chi connectivity index (χ2n) is 4.40. The van der Waals surface area contributed by atoms with Crippen LogP contribution in [0.2, 0.25) is 5.02 Å². The Balaban J connectivity index is 2.37. The van der Waals surface area contributed by atoms with E-state index in [1.165, 1.54) is 12.3 Å². The number of hydrogen-bond acceptors (Lipinski definition) is 4. The lowest BCUT2D eigenvalue weighted by molar-refractivity contribution is 0.102. The van der Waals surface area contributed by atoms with E-state index in [1.54, 1.807) is 30.8 Å². The first-order valence-corrected chi connectivity index (χ1v) is 6.39. The van der Waals surface area contributed by atoms with Gasteiger partial charge >= 0.3 is 0 Å². The standard InChI is InChI=1S/C13H14ClN5O2/c1-7-10(6-16-19(7)2)13(20)17-11-5-8(14)3-4-9(11)12(15)18-21/h3-6,21H,1-2H3,(H2,15,18)(H,17,20). The van der Waals surface area contributed by atoms with Gasteiger partial charge in [-0.2, -0.15) is 5.10 Å². The number of amidine groups is 1. The number of carbonyl (C=O) groups is 1. The first-order chi connectivity index (χ1) is 9.93. The number of nitrogens with one attached hydrogen (secondary N) is 1. The molecule has 0 fully saturated rings. The quantitative estimate of drug-likeness (QED) is 0.347. The number of amides is 1. The molecule has 21 heavy (non-hydrogen) atoms. The van der Waals surface area contributed by atoms with Gasteiger partial charge in [0.1, 0.15) is 0 Å². The molecule has 2 aromatic rings. The molecule has 0 aliphatic rings. The van der Waals surface area contributed by atoms with Gasteiger partial charge in [-0.3, -0.25) is 9.48 Å². The van der Waals surface area contributed by atoms with E-state index in [-0.39, 0.29) is 11.7 Å². The highest BCUT2D eigenvalue weighted by molar-refractivity contribution is 6.31. The van der Waals surface area contributed by atoms with Crippen molar-refractivity contribution in [3.05, 3.63) is 46.2 Å². The fourth-order valence-electron chi connectivity index (χ4n) is 1.81. The highest BCUT2D eigenvalue weighted by atomic mass is 35.5. The van der Waals surface area contributed by atoms with Crippen molar-refractivity contribution < 1.29 is 10.0 Å². The molecule has 0 saturated heterocycles. The third-order valence-electron chi connectivity index (χ3n) is 3.09. The minimum Gasteiger partial charge on any atom is -0.409 e. The Hall–Kier alpha value is -2.54. The van der Waals surface area contributed by atoms with E-state index in [0.29, 0.717) is 21.8 Å². The van der Waals surface area contributed by atoms with Crippen LogP contribution in [0.1, 0.15) is 21.6 Å². The van der Waals surface area contributed by atoms with Gasteiger partial charge in [-0.05, 0) is 25.1 Å². The average molecular weight is 308 g/mol. The Morgan fingerprint density at radius 2 is 2.19 bits per heavy atom. The molecule has 0 atom stereocenters. The number of carbonyl (C=O) groups excluding carboxylic acids is 1. The first-order valence-electron chi connectivity index (χ1n) is 6.01. The summed E-state index contributed by atoms with van der Waals surface area (Å²) in [5, 5.41) is 18.8. The summed E-state index contributed by atoms with van der Waals surface area (Å²) in [6, 6.07) is 4.67. The van der Waals surface area contributed by atoms with Crippen molar-refractivity contribution >= 4 is 29.0 Å². The van der Waals surface area contributed by atoms with Crippen LogP contribution < -0.4 is 11.1 Å². The zero-order valence-corrected chi connectivity index (χ0v) is 12.2. The van der Waals surface area contributed by atoms with Crippen LogP contribution in [-0.4, -0.2) is 26.7 Å². The molecule has 0 aliphatic carbocycles. The predicted molar refractivity (Wildman–Crippen MR) is 79.9 cm³/mol. The van der Waals surface area contributed by atoms with Crippen LogP contribution in [-0.2, 0) is 7.05 Å². The molecule has 0 spiro atoms. The second-order valence-corrected chi connectivity index (χ2v) is 4.83. The number of benzene rings is 1. The largest absolute Gasteiger partial charge is 0.409 e. The molecule has 1 heterocycles. The van der Waals surface area contributed by atoms with Crippen LogP contribution in [0, 0.1) is 6.92 Å². The van der Waals surface area contributed by atoms with Gasteiger partial charge in [0, 0.05) is 23.3 Å². The van der Waals surface area contributed by atoms with Gasteiger partial charge in [0.25, 0.3) is 5.91 Å². The second kappa shape index (κ2) is 5.84. The molecule has 1 amide bonds. The molecule has 4 N–H and O–H groups in total. The summed E-state index contributed by atoms with van der Waals surface area (Å²) >= 11 is 5.92. The molecule has 110 valence electrons. The molecule has 0 aliphatic heterocycles. The molecule has 0 saturated carbocycles. The van der Waals surface area contributed by atoms with Crippen LogP contribution in [0.15, 0.2) is 29.6 Å². The number of nitrogens with zero attached hydrogens (tertiary/aromatic N) is 3. The minimum atomic E-state index is -0.352.